The second-order valence-corrected chi connectivity index (χ2v) is 4.00. The third-order valence-corrected chi connectivity index (χ3v) is 1.99. The van der Waals surface area contributed by atoms with Crippen molar-refractivity contribution in [2.45, 2.75) is 33.6 Å². The van der Waals surface area contributed by atoms with Crippen LogP contribution in [0.2, 0.25) is 0 Å². The Labute approximate surface area is 76.4 Å². The summed E-state index contributed by atoms with van der Waals surface area (Å²) in [6, 6.07) is 0. The molecular weight excluding hydrogens is 150 g/mol. The summed E-state index contributed by atoms with van der Waals surface area (Å²) in [7, 11) is 0. The summed E-state index contributed by atoms with van der Waals surface area (Å²) >= 11 is 0. The minimum Gasteiger partial charge on any atom is -0.396 e. The van der Waals surface area contributed by atoms with E-state index in [-0.39, 0.29) is 0 Å². The molecule has 1 atom stereocenters. The summed E-state index contributed by atoms with van der Waals surface area (Å²) < 4.78 is 0. The maximum Gasteiger partial charge on any atom is 0.0433 e. The van der Waals surface area contributed by atoms with E-state index in [9.17, 15) is 0 Å². The van der Waals surface area contributed by atoms with E-state index >= 15 is 0 Å². The average molecular weight is 173 g/mol. The quantitative estimate of drug-likeness (QED) is 0.574. The van der Waals surface area contributed by atoms with Gasteiger partial charge in [0.05, 0.1) is 0 Å². The fourth-order valence-electron chi connectivity index (χ4n) is 1.10. The number of rotatable bonds is 7. The third-order valence-electron chi connectivity index (χ3n) is 1.99. The van der Waals surface area contributed by atoms with Gasteiger partial charge in [-0.25, -0.2) is 0 Å². The van der Waals surface area contributed by atoms with Crippen LogP contribution in [-0.2, 0) is 0 Å². The predicted octanol–water partition coefficient (Wildman–Crippen LogP) is 1.64. The molecule has 0 amide bonds. The summed E-state index contributed by atoms with van der Waals surface area (Å²) in [6.07, 6.45) is 2.11. The van der Waals surface area contributed by atoms with Gasteiger partial charge in [0, 0.05) is 6.61 Å². The fourth-order valence-corrected chi connectivity index (χ4v) is 1.10. The largest absolute Gasteiger partial charge is 0.396 e. The maximum absolute atomic E-state index is 8.66. The molecule has 0 saturated carbocycles. The van der Waals surface area contributed by atoms with Crippen LogP contribution in [0.5, 0.6) is 0 Å². The molecule has 1 unspecified atom stereocenters. The first-order valence-corrected chi connectivity index (χ1v) is 4.98. The van der Waals surface area contributed by atoms with Crippen LogP contribution in [0.25, 0.3) is 0 Å². The molecule has 2 heteroatoms. The summed E-state index contributed by atoms with van der Waals surface area (Å²) in [5.74, 6) is 1.38. The monoisotopic (exact) mass is 173 g/mol. The Morgan fingerprint density at radius 3 is 2.33 bits per heavy atom. The molecule has 0 heterocycles. The molecule has 0 fully saturated rings. The Kier molecular flexibility index (Phi) is 7.51. The molecule has 0 aliphatic heterocycles. The molecule has 0 spiro atoms. The lowest BCUT2D eigenvalue weighted by Gasteiger charge is -2.11. The Balaban J connectivity index is 3.08. The first-order valence-electron chi connectivity index (χ1n) is 4.98. The molecule has 0 aromatic heterocycles. The van der Waals surface area contributed by atoms with Crippen LogP contribution in [0.1, 0.15) is 33.6 Å². The summed E-state index contributed by atoms with van der Waals surface area (Å²) in [5.41, 5.74) is 0. The van der Waals surface area contributed by atoms with Crippen LogP contribution >= 0.6 is 0 Å². The SMILES string of the molecule is CC(C)CNCCC(C)CCO. The molecule has 2 nitrogen and oxygen atoms in total. The van der Waals surface area contributed by atoms with Crippen LogP contribution in [0.3, 0.4) is 0 Å². The Hall–Kier alpha value is -0.0800. The third kappa shape index (κ3) is 8.02. The highest BCUT2D eigenvalue weighted by molar-refractivity contribution is 4.56. The molecule has 74 valence electrons. The molecule has 0 aromatic rings. The van der Waals surface area contributed by atoms with Gasteiger partial charge in [-0.3, -0.25) is 0 Å². The van der Waals surface area contributed by atoms with Crippen molar-refractivity contribution in [3.05, 3.63) is 0 Å². The molecular formula is C10H23NO. The van der Waals surface area contributed by atoms with Crippen molar-refractivity contribution in [2.75, 3.05) is 19.7 Å². The second-order valence-electron chi connectivity index (χ2n) is 4.00. The molecule has 12 heavy (non-hydrogen) atoms. The van der Waals surface area contributed by atoms with Gasteiger partial charge in [-0.15, -0.1) is 0 Å². The van der Waals surface area contributed by atoms with Gasteiger partial charge >= 0.3 is 0 Å². The van der Waals surface area contributed by atoms with E-state index in [4.69, 9.17) is 5.11 Å². The summed E-state index contributed by atoms with van der Waals surface area (Å²) in [6.45, 7) is 9.12. The number of aliphatic hydroxyl groups is 1. The molecule has 0 bridgehead atoms. The van der Waals surface area contributed by atoms with Crippen LogP contribution in [-0.4, -0.2) is 24.8 Å². The zero-order valence-electron chi connectivity index (χ0n) is 8.64. The zero-order chi connectivity index (χ0) is 9.40. The Morgan fingerprint density at radius 1 is 1.17 bits per heavy atom. The first kappa shape index (κ1) is 11.9. The number of hydrogen-bond acceptors (Lipinski definition) is 2. The van der Waals surface area contributed by atoms with Crippen molar-refractivity contribution >= 4 is 0 Å². The minimum absolute atomic E-state index is 0.325. The van der Waals surface area contributed by atoms with Gasteiger partial charge in [0.15, 0.2) is 0 Å². The van der Waals surface area contributed by atoms with Crippen molar-refractivity contribution in [3.63, 3.8) is 0 Å². The average Bonchev–Trinajstić information content (AvgIpc) is 1.98. The maximum atomic E-state index is 8.66. The van der Waals surface area contributed by atoms with Crippen LogP contribution in [0, 0.1) is 11.8 Å². The van der Waals surface area contributed by atoms with E-state index in [0.717, 1.165) is 25.4 Å². The molecule has 0 radical (unpaired) electrons. The lowest BCUT2D eigenvalue weighted by atomic mass is 10.0. The molecule has 0 aromatic carbocycles. The summed E-state index contributed by atoms with van der Waals surface area (Å²) in [4.78, 5) is 0. The van der Waals surface area contributed by atoms with E-state index in [1.165, 1.54) is 6.42 Å². The highest BCUT2D eigenvalue weighted by atomic mass is 16.3. The summed E-state index contributed by atoms with van der Waals surface area (Å²) in [5, 5.41) is 12.1. The Morgan fingerprint density at radius 2 is 1.83 bits per heavy atom. The van der Waals surface area contributed by atoms with E-state index in [0.29, 0.717) is 12.5 Å². The highest BCUT2D eigenvalue weighted by Gasteiger charge is 2.00. The van der Waals surface area contributed by atoms with E-state index in [2.05, 4.69) is 26.1 Å². The standard InChI is InChI=1S/C10H23NO/c1-9(2)8-11-6-4-10(3)5-7-12/h9-12H,4-8H2,1-3H3. The number of hydrogen-bond donors (Lipinski definition) is 2. The fraction of sp³-hybridized carbons (Fsp3) is 1.00. The van der Waals surface area contributed by atoms with Crippen molar-refractivity contribution in [1.29, 1.82) is 0 Å². The van der Waals surface area contributed by atoms with Gasteiger partial charge in [-0.05, 0) is 37.8 Å². The number of aliphatic hydroxyl groups excluding tert-OH is 1. The van der Waals surface area contributed by atoms with E-state index in [1.54, 1.807) is 0 Å². The normalized spacial score (nSPS) is 13.8. The lowest BCUT2D eigenvalue weighted by molar-refractivity contribution is 0.257. The van der Waals surface area contributed by atoms with Crippen LogP contribution in [0.15, 0.2) is 0 Å². The van der Waals surface area contributed by atoms with Gasteiger partial charge < -0.3 is 10.4 Å². The first-order chi connectivity index (χ1) is 5.66. The van der Waals surface area contributed by atoms with Gasteiger partial charge in [0.2, 0.25) is 0 Å². The van der Waals surface area contributed by atoms with Crippen molar-refractivity contribution in [1.82, 2.24) is 5.32 Å². The van der Waals surface area contributed by atoms with E-state index < -0.39 is 0 Å². The predicted molar refractivity (Wildman–Crippen MR) is 53.2 cm³/mol. The van der Waals surface area contributed by atoms with Crippen molar-refractivity contribution in [2.24, 2.45) is 11.8 Å². The zero-order valence-corrected chi connectivity index (χ0v) is 8.64. The van der Waals surface area contributed by atoms with Crippen LogP contribution in [0.4, 0.5) is 0 Å². The van der Waals surface area contributed by atoms with Crippen LogP contribution < -0.4 is 5.32 Å². The van der Waals surface area contributed by atoms with Crippen molar-refractivity contribution < 1.29 is 5.11 Å². The second kappa shape index (κ2) is 7.56. The van der Waals surface area contributed by atoms with Gasteiger partial charge in [-0.2, -0.15) is 0 Å². The van der Waals surface area contributed by atoms with Gasteiger partial charge in [0.25, 0.3) is 0 Å². The molecule has 2 N–H and O–H groups in total. The molecule has 0 aliphatic rings. The highest BCUT2D eigenvalue weighted by Crippen LogP contribution is 2.04. The van der Waals surface area contributed by atoms with Gasteiger partial charge in [-0.1, -0.05) is 20.8 Å². The smallest absolute Gasteiger partial charge is 0.0433 e. The van der Waals surface area contributed by atoms with Crippen molar-refractivity contribution in [3.8, 4) is 0 Å². The number of nitrogens with one attached hydrogen (secondary N) is 1. The molecule has 0 saturated heterocycles. The molecule has 0 aliphatic carbocycles. The topological polar surface area (TPSA) is 32.3 Å². The van der Waals surface area contributed by atoms with E-state index in [1.807, 2.05) is 0 Å². The molecule has 0 rings (SSSR count). The Bertz CT molecular complexity index is 93.8. The lowest BCUT2D eigenvalue weighted by Crippen LogP contribution is -2.22. The van der Waals surface area contributed by atoms with Gasteiger partial charge in [0.1, 0.15) is 0 Å². The minimum atomic E-state index is 0.325.